The molecule has 1 spiro atoms. The minimum atomic E-state index is -0.374. The minimum absolute atomic E-state index is 0.204. The van der Waals surface area contributed by atoms with Crippen LogP contribution in [0.5, 0.6) is 0 Å². The number of carbonyl (C=O) groups is 2. The van der Waals surface area contributed by atoms with Crippen LogP contribution in [-0.2, 0) is 16.1 Å². The number of anilines is 1. The number of carbonyl (C=O) groups excluding carboxylic acids is 2. The average molecular weight is 372 g/mol. The first-order chi connectivity index (χ1) is 12.6. The Morgan fingerprint density at radius 2 is 2.15 bits per heavy atom. The van der Waals surface area contributed by atoms with Gasteiger partial charge in [-0.3, -0.25) is 9.78 Å². The minimum Gasteiger partial charge on any atom is -0.465 e. The van der Waals surface area contributed by atoms with Gasteiger partial charge in [-0.15, -0.1) is 0 Å². The predicted octanol–water partition coefficient (Wildman–Crippen LogP) is 1.95. The van der Waals surface area contributed by atoms with E-state index in [1.54, 1.807) is 12.4 Å². The summed E-state index contributed by atoms with van der Waals surface area (Å²) < 4.78 is 4.74. The summed E-state index contributed by atoms with van der Waals surface area (Å²) in [5.74, 6) is -0.170. The van der Waals surface area contributed by atoms with Gasteiger partial charge in [-0.2, -0.15) is 0 Å². The van der Waals surface area contributed by atoms with Crippen molar-refractivity contribution in [3.05, 3.63) is 41.2 Å². The summed E-state index contributed by atoms with van der Waals surface area (Å²) in [5, 5.41) is 0.776. The van der Waals surface area contributed by atoms with Crippen molar-refractivity contribution in [3.8, 4) is 0 Å². The van der Waals surface area contributed by atoms with Crippen molar-refractivity contribution in [2.75, 3.05) is 31.6 Å². The molecular weight excluding hydrogens is 352 g/mol. The number of ether oxygens (including phenoxy) is 1. The maximum Gasteiger partial charge on any atom is 0.349 e. The van der Waals surface area contributed by atoms with Crippen molar-refractivity contribution >= 4 is 28.3 Å². The first-order valence-electron chi connectivity index (χ1n) is 8.60. The van der Waals surface area contributed by atoms with Gasteiger partial charge in [0.2, 0.25) is 5.91 Å². The maximum absolute atomic E-state index is 13.1. The summed E-state index contributed by atoms with van der Waals surface area (Å²) in [6.07, 6.45) is 4.97. The van der Waals surface area contributed by atoms with Crippen molar-refractivity contribution in [1.29, 1.82) is 0 Å². The Bertz CT molecular complexity index is 825. The second-order valence-electron chi connectivity index (χ2n) is 6.75. The van der Waals surface area contributed by atoms with Crippen molar-refractivity contribution in [3.63, 3.8) is 0 Å². The predicted molar refractivity (Wildman–Crippen MR) is 97.0 cm³/mol. The highest BCUT2D eigenvalue weighted by Crippen LogP contribution is 2.43. The number of rotatable bonds is 4. The van der Waals surface area contributed by atoms with Crippen LogP contribution in [0.4, 0.5) is 5.13 Å². The van der Waals surface area contributed by atoms with Gasteiger partial charge < -0.3 is 14.5 Å². The lowest BCUT2D eigenvalue weighted by Crippen LogP contribution is -2.36. The van der Waals surface area contributed by atoms with Gasteiger partial charge in [0.15, 0.2) is 5.13 Å². The van der Waals surface area contributed by atoms with Gasteiger partial charge in [-0.1, -0.05) is 17.4 Å². The van der Waals surface area contributed by atoms with Crippen molar-refractivity contribution in [2.45, 2.75) is 19.4 Å². The third-order valence-electron chi connectivity index (χ3n) is 5.18. The Morgan fingerprint density at radius 1 is 1.31 bits per heavy atom. The zero-order valence-corrected chi connectivity index (χ0v) is 15.4. The molecule has 4 rings (SSSR count). The monoisotopic (exact) mass is 372 g/mol. The smallest absolute Gasteiger partial charge is 0.349 e. The van der Waals surface area contributed by atoms with E-state index < -0.39 is 0 Å². The molecule has 2 aromatic rings. The van der Waals surface area contributed by atoms with E-state index in [0.717, 1.165) is 36.8 Å². The highest BCUT2D eigenvalue weighted by Gasteiger charge is 2.51. The lowest BCUT2D eigenvalue weighted by atomic mass is 9.85. The second-order valence-corrected chi connectivity index (χ2v) is 7.76. The van der Waals surface area contributed by atoms with E-state index in [1.807, 2.05) is 23.1 Å². The van der Waals surface area contributed by atoms with Crippen LogP contribution in [-0.4, -0.2) is 53.5 Å². The molecule has 2 aliphatic rings. The standard InChI is InChI=1S/C18H20N4O3S/c1-25-15(23)14-10-20-17(26-14)22-9-6-18(12-22)5-8-21(16(18)24)11-13-4-2-3-7-19-13/h2-4,7,10H,5-6,8-9,11-12H2,1H3. The lowest BCUT2D eigenvalue weighted by molar-refractivity contribution is -0.135. The SMILES string of the molecule is COC(=O)c1cnc(N2CCC3(CCN(Cc4ccccn4)C3=O)C2)s1. The molecule has 7 nitrogen and oxygen atoms in total. The van der Waals surface area contributed by atoms with Crippen LogP contribution in [0.3, 0.4) is 0 Å². The molecule has 0 N–H and O–H groups in total. The van der Waals surface area contributed by atoms with Crippen LogP contribution in [0, 0.1) is 5.41 Å². The van der Waals surface area contributed by atoms with Gasteiger partial charge in [0.1, 0.15) is 4.88 Å². The quantitative estimate of drug-likeness (QED) is 0.764. The fourth-order valence-corrected chi connectivity index (χ4v) is 4.61. The molecule has 2 saturated heterocycles. The Kier molecular flexibility index (Phi) is 4.36. The summed E-state index contributed by atoms with van der Waals surface area (Å²) in [6.45, 7) is 2.75. The van der Waals surface area contributed by atoms with Gasteiger partial charge >= 0.3 is 5.97 Å². The molecule has 2 fully saturated rings. The molecule has 1 amide bonds. The summed E-state index contributed by atoms with van der Waals surface area (Å²) in [5.41, 5.74) is 0.571. The number of pyridine rings is 1. The van der Waals surface area contributed by atoms with E-state index in [2.05, 4.69) is 14.9 Å². The Morgan fingerprint density at radius 3 is 2.92 bits per heavy atom. The molecule has 26 heavy (non-hydrogen) atoms. The van der Waals surface area contributed by atoms with Crippen LogP contribution in [0.25, 0.3) is 0 Å². The van der Waals surface area contributed by atoms with Crippen LogP contribution in [0.1, 0.15) is 28.2 Å². The van der Waals surface area contributed by atoms with E-state index in [-0.39, 0.29) is 17.3 Å². The van der Waals surface area contributed by atoms with E-state index in [4.69, 9.17) is 4.74 Å². The molecule has 0 aromatic carbocycles. The zero-order valence-electron chi connectivity index (χ0n) is 14.6. The second kappa shape index (κ2) is 6.68. The van der Waals surface area contributed by atoms with E-state index >= 15 is 0 Å². The summed E-state index contributed by atoms with van der Waals surface area (Å²) in [7, 11) is 1.36. The van der Waals surface area contributed by atoms with Crippen molar-refractivity contribution in [2.24, 2.45) is 5.41 Å². The van der Waals surface area contributed by atoms with Crippen LogP contribution in [0.15, 0.2) is 30.6 Å². The number of methoxy groups -OCH3 is 1. The molecule has 136 valence electrons. The molecule has 1 unspecified atom stereocenters. The number of aromatic nitrogens is 2. The molecule has 2 aromatic heterocycles. The van der Waals surface area contributed by atoms with Gasteiger partial charge in [0.25, 0.3) is 0 Å². The fraction of sp³-hybridized carbons (Fsp3) is 0.444. The maximum atomic E-state index is 13.1. The van der Waals surface area contributed by atoms with Gasteiger partial charge in [-0.05, 0) is 25.0 Å². The molecule has 8 heteroatoms. The molecular formula is C18H20N4O3S. The number of esters is 1. The lowest BCUT2D eigenvalue weighted by Gasteiger charge is -2.23. The fourth-order valence-electron chi connectivity index (χ4n) is 3.75. The number of likely N-dealkylation sites (tertiary alicyclic amines) is 1. The number of hydrogen-bond acceptors (Lipinski definition) is 7. The molecule has 1 atom stereocenters. The Labute approximate surface area is 155 Å². The number of amides is 1. The molecule has 0 bridgehead atoms. The normalized spacial score (nSPS) is 22.4. The van der Waals surface area contributed by atoms with E-state index in [9.17, 15) is 9.59 Å². The molecule has 4 heterocycles. The highest BCUT2D eigenvalue weighted by molar-refractivity contribution is 7.17. The first kappa shape index (κ1) is 17.0. The first-order valence-corrected chi connectivity index (χ1v) is 9.41. The third-order valence-corrected chi connectivity index (χ3v) is 6.22. The molecule has 0 aliphatic carbocycles. The van der Waals surface area contributed by atoms with Crippen molar-refractivity contribution < 1.29 is 14.3 Å². The Balaban J connectivity index is 1.45. The summed E-state index contributed by atoms with van der Waals surface area (Å²) in [6, 6.07) is 5.77. The summed E-state index contributed by atoms with van der Waals surface area (Å²) in [4.78, 5) is 37.8. The zero-order chi connectivity index (χ0) is 18.1. The average Bonchev–Trinajstić information content (AvgIpc) is 3.38. The summed E-state index contributed by atoms with van der Waals surface area (Å²) >= 11 is 1.31. The number of hydrogen-bond donors (Lipinski definition) is 0. The van der Waals surface area contributed by atoms with Gasteiger partial charge in [-0.25, -0.2) is 9.78 Å². The van der Waals surface area contributed by atoms with E-state index in [0.29, 0.717) is 18.0 Å². The van der Waals surface area contributed by atoms with Crippen LogP contribution in [0.2, 0.25) is 0 Å². The molecule has 2 aliphatic heterocycles. The molecule has 0 radical (unpaired) electrons. The van der Waals surface area contributed by atoms with Gasteiger partial charge in [0, 0.05) is 25.8 Å². The highest BCUT2D eigenvalue weighted by atomic mass is 32.1. The number of thiazole rings is 1. The number of nitrogens with zero attached hydrogens (tertiary/aromatic N) is 4. The van der Waals surface area contributed by atoms with Crippen LogP contribution < -0.4 is 4.90 Å². The van der Waals surface area contributed by atoms with Crippen LogP contribution >= 0.6 is 11.3 Å². The topological polar surface area (TPSA) is 75.6 Å². The van der Waals surface area contributed by atoms with Crippen molar-refractivity contribution in [1.82, 2.24) is 14.9 Å². The largest absolute Gasteiger partial charge is 0.465 e. The third kappa shape index (κ3) is 2.94. The Hall–Kier alpha value is -2.48. The van der Waals surface area contributed by atoms with E-state index in [1.165, 1.54) is 18.4 Å². The van der Waals surface area contributed by atoms with Gasteiger partial charge in [0.05, 0.1) is 31.0 Å². The molecule has 0 saturated carbocycles.